The fourth-order valence-electron chi connectivity index (χ4n) is 3.01. The molecule has 0 radical (unpaired) electrons. The van der Waals surface area contributed by atoms with Crippen LogP contribution < -0.4 is 20.2 Å². The van der Waals surface area contributed by atoms with Gasteiger partial charge >= 0.3 is 0 Å². The fraction of sp³-hybridized carbons (Fsp3) is 0.192. The number of ether oxygens (including phenoxy) is 2. The average molecular weight is 571 g/mol. The number of amides is 2. The maximum Gasteiger partial charge on any atom is 0.240 e. The smallest absolute Gasteiger partial charge is 0.240 e. The largest absolute Gasteiger partial charge is 0.493 e. The lowest BCUT2D eigenvalue weighted by molar-refractivity contribution is -0.124. The number of halogens is 1. The summed E-state index contributed by atoms with van der Waals surface area (Å²) in [6.45, 7) is 2.40. The molecular formula is C26H26IN3O4. The summed E-state index contributed by atoms with van der Waals surface area (Å²) in [6.07, 6.45) is 1.62. The minimum atomic E-state index is -0.347. The van der Waals surface area contributed by atoms with Crippen LogP contribution in [0.3, 0.4) is 0 Å². The number of nitrogens with one attached hydrogen (secondary N) is 2. The molecular weight excluding hydrogens is 545 g/mol. The summed E-state index contributed by atoms with van der Waals surface area (Å²) < 4.78 is 12.3. The first kappa shape index (κ1) is 25.2. The van der Waals surface area contributed by atoms with Gasteiger partial charge in [-0.05, 0) is 64.9 Å². The van der Waals surface area contributed by atoms with Crippen LogP contribution in [0.15, 0.2) is 71.8 Å². The maximum atomic E-state index is 12.0. The van der Waals surface area contributed by atoms with Gasteiger partial charge in [-0.3, -0.25) is 9.59 Å². The van der Waals surface area contributed by atoms with E-state index in [1.165, 1.54) is 6.21 Å². The van der Waals surface area contributed by atoms with Crippen molar-refractivity contribution in [1.29, 1.82) is 0 Å². The van der Waals surface area contributed by atoms with E-state index in [2.05, 4.69) is 38.4 Å². The number of benzene rings is 3. The number of nitrogens with zero attached hydrogens (tertiary/aromatic N) is 1. The van der Waals surface area contributed by atoms with Gasteiger partial charge < -0.3 is 14.8 Å². The summed E-state index contributed by atoms with van der Waals surface area (Å²) in [6, 6.07) is 21.0. The highest BCUT2D eigenvalue weighted by atomic mass is 127. The van der Waals surface area contributed by atoms with Gasteiger partial charge in [0, 0.05) is 18.5 Å². The van der Waals surface area contributed by atoms with E-state index in [-0.39, 0.29) is 24.7 Å². The molecule has 0 aliphatic carbocycles. The molecule has 34 heavy (non-hydrogen) atoms. The molecule has 0 aliphatic heterocycles. The number of hydrogen-bond donors (Lipinski definition) is 2. The first-order chi connectivity index (χ1) is 16.4. The van der Waals surface area contributed by atoms with Crippen LogP contribution in [0.5, 0.6) is 11.5 Å². The van der Waals surface area contributed by atoms with Gasteiger partial charge in [0.25, 0.3) is 0 Å². The third kappa shape index (κ3) is 7.87. The molecule has 176 valence electrons. The van der Waals surface area contributed by atoms with Crippen molar-refractivity contribution in [3.63, 3.8) is 0 Å². The predicted octanol–water partition coefficient (Wildman–Crippen LogP) is 5.06. The fourth-order valence-corrected chi connectivity index (χ4v) is 3.79. The zero-order chi connectivity index (χ0) is 24.3. The van der Waals surface area contributed by atoms with Crippen LogP contribution in [-0.4, -0.2) is 25.1 Å². The Morgan fingerprint density at radius 2 is 1.71 bits per heavy atom. The lowest BCUT2D eigenvalue weighted by Crippen LogP contribution is -2.20. The van der Waals surface area contributed by atoms with Crippen LogP contribution in [-0.2, 0) is 16.2 Å². The summed E-state index contributed by atoms with van der Waals surface area (Å²) in [4.78, 5) is 24.1. The minimum Gasteiger partial charge on any atom is -0.493 e. The standard InChI is InChI=1S/C26H26IN3O4/c1-18-8-10-21(11-9-18)29-24(31)12-13-25(32)30-28-16-20-14-22(27)26(23(15-20)33-2)34-17-19-6-4-3-5-7-19/h3-11,14-16H,12-13,17H2,1-2H3,(H,29,31)(H,30,32). The molecule has 2 amide bonds. The molecule has 3 aromatic rings. The van der Waals surface area contributed by atoms with Gasteiger partial charge in [-0.1, -0.05) is 48.0 Å². The summed E-state index contributed by atoms with van der Waals surface area (Å²) in [7, 11) is 1.57. The Morgan fingerprint density at radius 3 is 2.41 bits per heavy atom. The molecule has 0 aromatic heterocycles. The van der Waals surface area contributed by atoms with Crippen molar-refractivity contribution in [2.75, 3.05) is 12.4 Å². The molecule has 8 heteroatoms. The van der Waals surface area contributed by atoms with E-state index in [4.69, 9.17) is 9.47 Å². The van der Waals surface area contributed by atoms with Crippen LogP contribution >= 0.6 is 22.6 Å². The lowest BCUT2D eigenvalue weighted by Gasteiger charge is -2.13. The number of carbonyl (C=O) groups is 2. The van der Waals surface area contributed by atoms with E-state index < -0.39 is 0 Å². The van der Waals surface area contributed by atoms with Crippen LogP contribution in [0, 0.1) is 10.5 Å². The number of methoxy groups -OCH3 is 1. The average Bonchev–Trinajstić information content (AvgIpc) is 2.84. The van der Waals surface area contributed by atoms with Gasteiger partial charge in [0.15, 0.2) is 11.5 Å². The molecule has 3 rings (SSSR count). The number of anilines is 1. The molecule has 2 N–H and O–H groups in total. The van der Waals surface area contributed by atoms with Crippen LogP contribution in [0.25, 0.3) is 0 Å². The number of hydrazone groups is 1. The normalized spacial score (nSPS) is 10.7. The van der Waals surface area contributed by atoms with Gasteiger partial charge in [-0.15, -0.1) is 0 Å². The summed E-state index contributed by atoms with van der Waals surface area (Å²) in [5.74, 6) is 0.643. The summed E-state index contributed by atoms with van der Waals surface area (Å²) in [5.41, 5.74) is 6.06. The molecule has 0 saturated carbocycles. The molecule has 7 nitrogen and oxygen atoms in total. The molecule has 0 heterocycles. The van der Waals surface area contributed by atoms with Crippen molar-refractivity contribution in [2.45, 2.75) is 26.4 Å². The van der Waals surface area contributed by atoms with E-state index in [1.807, 2.05) is 67.6 Å². The zero-order valence-electron chi connectivity index (χ0n) is 19.0. The lowest BCUT2D eigenvalue weighted by atomic mass is 10.2. The van der Waals surface area contributed by atoms with Crippen molar-refractivity contribution in [3.05, 3.63) is 87.0 Å². The molecule has 0 bridgehead atoms. The number of carbonyl (C=O) groups excluding carboxylic acids is 2. The van der Waals surface area contributed by atoms with Crippen LogP contribution in [0.4, 0.5) is 5.69 Å². The minimum absolute atomic E-state index is 0.0299. The molecule has 0 spiro atoms. The van der Waals surface area contributed by atoms with Crippen molar-refractivity contribution in [1.82, 2.24) is 5.43 Å². The Labute approximate surface area is 212 Å². The van der Waals surface area contributed by atoms with Crippen molar-refractivity contribution in [3.8, 4) is 11.5 Å². The van der Waals surface area contributed by atoms with Gasteiger partial charge in [-0.2, -0.15) is 5.10 Å². The van der Waals surface area contributed by atoms with Gasteiger partial charge in [0.05, 0.1) is 16.9 Å². The van der Waals surface area contributed by atoms with E-state index in [1.54, 1.807) is 13.2 Å². The summed E-state index contributed by atoms with van der Waals surface area (Å²) in [5, 5.41) is 6.76. The summed E-state index contributed by atoms with van der Waals surface area (Å²) >= 11 is 2.18. The highest BCUT2D eigenvalue weighted by Crippen LogP contribution is 2.34. The Kier molecular flexibility index (Phi) is 9.45. The first-order valence-electron chi connectivity index (χ1n) is 10.7. The second kappa shape index (κ2) is 12.7. The van der Waals surface area contributed by atoms with Crippen molar-refractivity contribution < 1.29 is 19.1 Å². The third-order valence-electron chi connectivity index (χ3n) is 4.80. The Bertz CT molecular complexity index is 1150. The monoisotopic (exact) mass is 571 g/mol. The van der Waals surface area contributed by atoms with E-state index in [0.29, 0.717) is 23.8 Å². The molecule has 0 aliphatic rings. The van der Waals surface area contributed by atoms with E-state index in [9.17, 15) is 9.59 Å². The van der Waals surface area contributed by atoms with Crippen LogP contribution in [0.1, 0.15) is 29.5 Å². The highest BCUT2D eigenvalue weighted by molar-refractivity contribution is 14.1. The second-order valence-electron chi connectivity index (χ2n) is 7.52. The van der Waals surface area contributed by atoms with Gasteiger partial charge in [-0.25, -0.2) is 5.43 Å². The maximum absolute atomic E-state index is 12.0. The zero-order valence-corrected chi connectivity index (χ0v) is 21.2. The second-order valence-corrected chi connectivity index (χ2v) is 8.68. The number of rotatable bonds is 10. The Hall–Kier alpha value is -3.40. The van der Waals surface area contributed by atoms with Crippen molar-refractivity contribution in [2.24, 2.45) is 5.10 Å². The highest BCUT2D eigenvalue weighted by Gasteiger charge is 2.12. The number of hydrogen-bond acceptors (Lipinski definition) is 5. The third-order valence-corrected chi connectivity index (χ3v) is 5.60. The quantitative estimate of drug-likeness (QED) is 0.203. The number of aryl methyl sites for hydroxylation is 1. The molecule has 0 fully saturated rings. The molecule has 0 saturated heterocycles. The van der Waals surface area contributed by atoms with E-state index >= 15 is 0 Å². The SMILES string of the molecule is COc1cc(C=NNC(=O)CCC(=O)Nc2ccc(C)cc2)cc(I)c1OCc1ccccc1. The topological polar surface area (TPSA) is 89.0 Å². The molecule has 0 atom stereocenters. The molecule has 0 unspecified atom stereocenters. The predicted molar refractivity (Wildman–Crippen MR) is 141 cm³/mol. The van der Waals surface area contributed by atoms with Gasteiger partial charge in [0.1, 0.15) is 6.61 Å². The first-order valence-corrected chi connectivity index (χ1v) is 11.7. The molecule has 3 aromatic carbocycles. The van der Waals surface area contributed by atoms with Crippen LogP contribution in [0.2, 0.25) is 0 Å². The van der Waals surface area contributed by atoms with E-state index in [0.717, 1.165) is 20.3 Å². The Morgan fingerprint density at radius 1 is 1.00 bits per heavy atom. The van der Waals surface area contributed by atoms with Crippen molar-refractivity contribution >= 4 is 46.3 Å². The Balaban J connectivity index is 1.50. The van der Waals surface area contributed by atoms with Gasteiger partial charge in [0.2, 0.25) is 11.8 Å².